The monoisotopic (exact) mass is 575 g/mol. The van der Waals surface area contributed by atoms with Crippen molar-refractivity contribution in [3.63, 3.8) is 0 Å². The summed E-state index contributed by atoms with van der Waals surface area (Å²) >= 11 is 0. The lowest BCUT2D eigenvalue weighted by molar-refractivity contribution is 0.0767. The van der Waals surface area contributed by atoms with Crippen molar-refractivity contribution in [2.24, 2.45) is 0 Å². The van der Waals surface area contributed by atoms with E-state index in [1.165, 1.54) is 17.7 Å². The number of anilines is 1. The minimum absolute atomic E-state index is 0.152. The number of piperazine rings is 1. The van der Waals surface area contributed by atoms with E-state index in [2.05, 4.69) is 20.9 Å². The molecule has 1 N–H and O–H groups in total. The van der Waals surface area contributed by atoms with E-state index in [4.69, 9.17) is 14.5 Å². The highest BCUT2D eigenvalue weighted by Gasteiger charge is 2.38. The summed E-state index contributed by atoms with van der Waals surface area (Å²) < 4.78 is 11.8. The quantitative estimate of drug-likeness (QED) is 0.500. The van der Waals surface area contributed by atoms with Gasteiger partial charge in [0.15, 0.2) is 0 Å². The third-order valence-corrected chi connectivity index (χ3v) is 8.69. The largest absolute Gasteiger partial charge is 0.465 e. The molecular formula is C30H37N7O5. The number of hydrogen-bond acceptors (Lipinski definition) is 9. The number of ether oxygens (including phenoxy) is 2. The number of aromatic nitrogens is 2. The molecule has 0 radical (unpaired) electrons. The van der Waals surface area contributed by atoms with Gasteiger partial charge in [-0.15, -0.1) is 0 Å². The van der Waals surface area contributed by atoms with Crippen LogP contribution in [-0.2, 0) is 24.3 Å². The molecule has 12 nitrogen and oxygen atoms in total. The Bertz CT molecular complexity index is 1330. The molecule has 3 fully saturated rings. The second-order valence-electron chi connectivity index (χ2n) is 11.5. The second kappa shape index (κ2) is 12.4. The van der Waals surface area contributed by atoms with Crippen molar-refractivity contribution in [3.8, 4) is 12.1 Å². The predicted octanol–water partition coefficient (Wildman–Crippen LogP) is 3.26. The van der Waals surface area contributed by atoms with Crippen molar-refractivity contribution in [2.45, 2.75) is 69.8 Å². The zero-order chi connectivity index (χ0) is 29.1. The molecule has 1 aliphatic carbocycles. The van der Waals surface area contributed by atoms with E-state index in [9.17, 15) is 20.0 Å². The molecule has 2 atom stereocenters. The van der Waals surface area contributed by atoms with Crippen LogP contribution in [0.1, 0.15) is 48.9 Å². The highest BCUT2D eigenvalue weighted by molar-refractivity contribution is 5.69. The van der Waals surface area contributed by atoms with Crippen LogP contribution in [0.2, 0.25) is 0 Å². The van der Waals surface area contributed by atoms with Gasteiger partial charge in [-0.1, -0.05) is 30.3 Å². The van der Waals surface area contributed by atoms with Crippen LogP contribution < -0.4 is 9.64 Å². The molecule has 2 saturated heterocycles. The SMILES string of the molecule is N#CC[C@H]1CN(c2nc(OC[C@@H]3CCCN3C3CC3)nc3c2CCN(C(=O)O)C3)CCN1C(=O)OCc1ccccc1. The predicted molar refractivity (Wildman–Crippen MR) is 152 cm³/mol. The third kappa shape index (κ3) is 6.21. The maximum absolute atomic E-state index is 13.0. The average Bonchev–Trinajstić information content (AvgIpc) is 3.75. The molecule has 1 aromatic heterocycles. The third-order valence-electron chi connectivity index (χ3n) is 8.69. The number of rotatable bonds is 8. The van der Waals surface area contributed by atoms with Crippen molar-refractivity contribution in [3.05, 3.63) is 47.2 Å². The van der Waals surface area contributed by atoms with E-state index in [0.29, 0.717) is 62.8 Å². The molecule has 0 spiro atoms. The molecule has 42 heavy (non-hydrogen) atoms. The Balaban J connectivity index is 1.19. The summed E-state index contributed by atoms with van der Waals surface area (Å²) in [6, 6.07) is 12.6. The number of likely N-dealkylation sites (tertiary alicyclic amines) is 1. The van der Waals surface area contributed by atoms with Gasteiger partial charge < -0.3 is 29.3 Å². The van der Waals surface area contributed by atoms with E-state index in [1.54, 1.807) is 4.90 Å². The molecule has 0 unspecified atom stereocenters. The van der Waals surface area contributed by atoms with Crippen molar-refractivity contribution in [2.75, 3.05) is 44.2 Å². The standard InChI is InChI=1S/C30H37N7O5/c31-12-10-23-17-34(15-16-37(23)30(40)42-19-21-5-2-1-3-6-21)27-25-11-14-35(29(38)39)18-26(25)32-28(33-27)41-20-24-7-4-13-36(24)22-8-9-22/h1-3,5-6,22-24H,4,7-11,13-20H2,(H,38,39)/t23-,24-/m0/s1. The van der Waals surface area contributed by atoms with Gasteiger partial charge in [0, 0.05) is 43.8 Å². The molecule has 1 aromatic carbocycles. The van der Waals surface area contributed by atoms with Gasteiger partial charge in [0.2, 0.25) is 0 Å². The van der Waals surface area contributed by atoms with Crippen molar-refractivity contribution < 1.29 is 24.2 Å². The molecule has 4 aliphatic rings. The lowest BCUT2D eigenvalue weighted by Crippen LogP contribution is -2.55. The average molecular weight is 576 g/mol. The summed E-state index contributed by atoms with van der Waals surface area (Å²) in [6.07, 6.45) is 3.95. The molecular weight excluding hydrogens is 538 g/mol. The molecule has 2 aromatic rings. The topological polar surface area (TPSA) is 135 Å². The van der Waals surface area contributed by atoms with Gasteiger partial charge >= 0.3 is 18.2 Å². The fourth-order valence-electron chi connectivity index (χ4n) is 6.34. The first-order chi connectivity index (χ1) is 20.5. The van der Waals surface area contributed by atoms with Crippen LogP contribution in [0.15, 0.2) is 30.3 Å². The minimum Gasteiger partial charge on any atom is -0.465 e. The first kappa shape index (κ1) is 28.0. The van der Waals surface area contributed by atoms with Gasteiger partial charge in [0.1, 0.15) is 19.0 Å². The van der Waals surface area contributed by atoms with E-state index >= 15 is 0 Å². The van der Waals surface area contributed by atoms with Gasteiger partial charge in [-0.2, -0.15) is 15.2 Å². The van der Waals surface area contributed by atoms with Gasteiger partial charge in [-0.25, -0.2) is 9.59 Å². The number of carbonyl (C=O) groups is 2. The van der Waals surface area contributed by atoms with E-state index in [1.807, 2.05) is 30.3 Å². The van der Waals surface area contributed by atoms with Crippen LogP contribution in [0.3, 0.4) is 0 Å². The number of hydrogen-bond donors (Lipinski definition) is 1. The van der Waals surface area contributed by atoms with E-state index in [0.717, 1.165) is 30.5 Å². The zero-order valence-corrected chi connectivity index (χ0v) is 23.7. The van der Waals surface area contributed by atoms with Crippen LogP contribution in [0.4, 0.5) is 15.4 Å². The smallest absolute Gasteiger partial charge is 0.410 e. The number of amides is 2. The molecule has 1 saturated carbocycles. The first-order valence-electron chi connectivity index (χ1n) is 14.9. The van der Waals surface area contributed by atoms with Crippen molar-refractivity contribution in [1.29, 1.82) is 5.26 Å². The lowest BCUT2D eigenvalue weighted by atomic mass is 10.0. The van der Waals surface area contributed by atoms with Gasteiger partial charge in [-0.3, -0.25) is 4.90 Å². The number of carboxylic acid groups (broad SMARTS) is 1. The number of nitriles is 1. The van der Waals surface area contributed by atoms with Crippen LogP contribution in [0, 0.1) is 11.3 Å². The first-order valence-corrected chi connectivity index (χ1v) is 14.9. The number of carbonyl (C=O) groups excluding carboxylic acids is 1. The summed E-state index contributed by atoms with van der Waals surface area (Å²) in [5.74, 6) is 0.700. The molecule has 222 valence electrons. The molecule has 4 heterocycles. The molecule has 12 heteroatoms. The zero-order valence-electron chi connectivity index (χ0n) is 23.7. The Labute approximate surface area is 245 Å². The Morgan fingerprint density at radius 1 is 1.05 bits per heavy atom. The fourth-order valence-corrected chi connectivity index (χ4v) is 6.34. The second-order valence-corrected chi connectivity index (χ2v) is 11.5. The summed E-state index contributed by atoms with van der Waals surface area (Å²) in [5.41, 5.74) is 2.45. The highest BCUT2D eigenvalue weighted by Crippen LogP contribution is 2.34. The fraction of sp³-hybridized carbons (Fsp3) is 0.567. The van der Waals surface area contributed by atoms with Crippen LogP contribution in [0.25, 0.3) is 0 Å². The Morgan fingerprint density at radius 3 is 2.64 bits per heavy atom. The van der Waals surface area contributed by atoms with Crippen LogP contribution in [-0.4, -0.2) is 99.4 Å². The number of benzene rings is 1. The number of nitrogens with zero attached hydrogens (tertiary/aromatic N) is 7. The lowest BCUT2D eigenvalue weighted by Gasteiger charge is -2.41. The summed E-state index contributed by atoms with van der Waals surface area (Å²) in [6.45, 7) is 3.54. The van der Waals surface area contributed by atoms with Crippen molar-refractivity contribution in [1.82, 2.24) is 24.7 Å². The Kier molecular flexibility index (Phi) is 8.28. The Morgan fingerprint density at radius 2 is 1.88 bits per heavy atom. The maximum atomic E-state index is 13.0. The van der Waals surface area contributed by atoms with E-state index in [-0.39, 0.29) is 31.6 Å². The summed E-state index contributed by atoms with van der Waals surface area (Å²) in [7, 11) is 0. The van der Waals surface area contributed by atoms with Crippen molar-refractivity contribution >= 4 is 18.0 Å². The summed E-state index contributed by atoms with van der Waals surface area (Å²) in [5, 5.41) is 19.2. The molecule has 3 aliphatic heterocycles. The van der Waals surface area contributed by atoms with E-state index < -0.39 is 12.2 Å². The number of fused-ring (bicyclic) bond motifs is 1. The molecule has 6 rings (SSSR count). The van der Waals surface area contributed by atoms with Crippen LogP contribution >= 0.6 is 0 Å². The molecule has 0 bridgehead atoms. The van der Waals surface area contributed by atoms with Gasteiger partial charge in [0.25, 0.3) is 0 Å². The Hall–Kier alpha value is -4.11. The minimum atomic E-state index is -0.981. The van der Waals surface area contributed by atoms with Gasteiger partial charge in [0.05, 0.1) is 30.8 Å². The van der Waals surface area contributed by atoms with Crippen LogP contribution in [0.5, 0.6) is 6.01 Å². The highest BCUT2D eigenvalue weighted by atomic mass is 16.6. The maximum Gasteiger partial charge on any atom is 0.410 e. The van der Waals surface area contributed by atoms with Gasteiger partial charge in [-0.05, 0) is 44.2 Å². The normalized spacial score (nSPS) is 22.4. The summed E-state index contributed by atoms with van der Waals surface area (Å²) in [4.78, 5) is 41.9. The molecule has 2 amide bonds.